The minimum absolute atomic E-state index is 0.175. The number of carbonyl (C=O) groups excluding carboxylic acids is 1. The molecule has 0 bridgehead atoms. The minimum atomic E-state index is -1.14. The van der Waals surface area contributed by atoms with Gasteiger partial charge in [-0.25, -0.2) is 4.39 Å². The summed E-state index contributed by atoms with van der Waals surface area (Å²) >= 11 is 5.62. The molecular formula is C13H15ClFNO3. The maximum Gasteiger partial charge on any atom is 0.323 e. The predicted molar refractivity (Wildman–Crippen MR) is 69.8 cm³/mol. The molecule has 0 aromatic heterocycles. The molecule has 0 aliphatic rings. The van der Waals surface area contributed by atoms with Crippen molar-refractivity contribution >= 4 is 23.5 Å². The van der Waals surface area contributed by atoms with E-state index in [0.717, 1.165) is 11.0 Å². The molecular weight excluding hydrogens is 273 g/mol. The van der Waals surface area contributed by atoms with Crippen LogP contribution >= 0.6 is 11.6 Å². The van der Waals surface area contributed by atoms with Gasteiger partial charge < -0.3 is 10.0 Å². The number of rotatable bonds is 5. The van der Waals surface area contributed by atoms with Gasteiger partial charge in [-0.3, -0.25) is 9.59 Å². The molecule has 19 heavy (non-hydrogen) atoms. The van der Waals surface area contributed by atoms with E-state index in [4.69, 9.17) is 16.7 Å². The molecule has 1 aromatic carbocycles. The number of benzene rings is 1. The molecule has 0 radical (unpaired) electrons. The molecule has 104 valence electrons. The SMILES string of the molecule is CCC(C)N(CC(=O)O)C(=O)c1ccc(Cl)cc1F. The fraction of sp³-hybridized carbons (Fsp3) is 0.385. The highest BCUT2D eigenvalue weighted by molar-refractivity contribution is 6.30. The van der Waals surface area contributed by atoms with E-state index in [1.807, 2.05) is 6.92 Å². The average Bonchev–Trinajstić information content (AvgIpc) is 2.34. The van der Waals surface area contributed by atoms with Crippen molar-refractivity contribution in [2.24, 2.45) is 0 Å². The van der Waals surface area contributed by atoms with Crippen LogP contribution in [0.4, 0.5) is 4.39 Å². The molecule has 0 heterocycles. The van der Waals surface area contributed by atoms with Crippen molar-refractivity contribution in [1.29, 1.82) is 0 Å². The lowest BCUT2D eigenvalue weighted by atomic mass is 10.1. The zero-order valence-electron chi connectivity index (χ0n) is 10.7. The van der Waals surface area contributed by atoms with Crippen LogP contribution in [0.25, 0.3) is 0 Å². The van der Waals surface area contributed by atoms with Crippen molar-refractivity contribution in [3.63, 3.8) is 0 Å². The molecule has 0 aliphatic heterocycles. The number of aliphatic carboxylic acids is 1. The highest BCUT2D eigenvalue weighted by Crippen LogP contribution is 2.18. The number of carboxylic acid groups (broad SMARTS) is 1. The van der Waals surface area contributed by atoms with Gasteiger partial charge in [0.1, 0.15) is 12.4 Å². The molecule has 1 atom stereocenters. The summed E-state index contributed by atoms with van der Waals surface area (Å²) in [7, 11) is 0. The topological polar surface area (TPSA) is 57.6 Å². The Balaban J connectivity index is 3.08. The minimum Gasteiger partial charge on any atom is -0.480 e. The van der Waals surface area contributed by atoms with Gasteiger partial charge in [-0.05, 0) is 31.5 Å². The number of amides is 1. The predicted octanol–water partition coefficient (Wildman–Crippen LogP) is 2.80. The molecule has 1 unspecified atom stereocenters. The summed E-state index contributed by atoms with van der Waals surface area (Å²) in [5.41, 5.74) is -0.175. The van der Waals surface area contributed by atoms with Crippen LogP contribution in [0.15, 0.2) is 18.2 Å². The van der Waals surface area contributed by atoms with Gasteiger partial charge >= 0.3 is 5.97 Å². The summed E-state index contributed by atoms with van der Waals surface area (Å²) in [4.78, 5) is 24.1. The lowest BCUT2D eigenvalue weighted by Crippen LogP contribution is -2.42. The van der Waals surface area contributed by atoms with E-state index in [9.17, 15) is 14.0 Å². The van der Waals surface area contributed by atoms with Crippen molar-refractivity contribution in [2.45, 2.75) is 26.3 Å². The maximum absolute atomic E-state index is 13.7. The number of carbonyl (C=O) groups is 2. The Kier molecular flexibility index (Phi) is 5.30. The first-order valence-corrected chi connectivity index (χ1v) is 6.22. The van der Waals surface area contributed by atoms with Gasteiger partial charge in [0, 0.05) is 11.1 Å². The first kappa shape index (κ1) is 15.4. The number of hydrogen-bond donors (Lipinski definition) is 1. The average molecular weight is 288 g/mol. The Morgan fingerprint density at radius 1 is 1.47 bits per heavy atom. The van der Waals surface area contributed by atoms with Gasteiger partial charge in [0.05, 0.1) is 5.56 Å². The molecule has 0 spiro atoms. The van der Waals surface area contributed by atoms with Gasteiger partial charge in [-0.1, -0.05) is 18.5 Å². The van der Waals surface area contributed by atoms with Crippen molar-refractivity contribution in [1.82, 2.24) is 4.90 Å². The van der Waals surface area contributed by atoms with Crippen LogP contribution in [0, 0.1) is 5.82 Å². The molecule has 1 N–H and O–H groups in total. The zero-order valence-corrected chi connectivity index (χ0v) is 11.4. The van der Waals surface area contributed by atoms with E-state index in [0.29, 0.717) is 6.42 Å². The fourth-order valence-electron chi connectivity index (χ4n) is 1.61. The van der Waals surface area contributed by atoms with Gasteiger partial charge in [0.25, 0.3) is 5.91 Å². The number of halogens is 2. The largest absolute Gasteiger partial charge is 0.480 e. The number of hydrogen-bond acceptors (Lipinski definition) is 2. The third-order valence-corrected chi connectivity index (χ3v) is 3.09. The molecule has 1 aromatic rings. The second-order valence-corrected chi connectivity index (χ2v) is 4.64. The Labute approximate surface area is 115 Å². The third-order valence-electron chi connectivity index (χ3n) is 2.85. The molecule has 0 aliphatic carbocycles. The number of carboxylic acids is 1. The van der Waals surface area contributed by atoms with Crippen molar-refractivity contribution in [2.75, 3.05) is 6.54 Å². The van der Waals surface area contributed by atoms with E-state index < -0.39 is 24.2 Å². The van der Waals surface area contributed by atoms with E-state index in [-0.39, 0.29) is 16.6 Å². The monoisotopic (exact) mass is 287 g/mol. The van der Waals surface area contributed by atoms with Crippen molar-refractivity contribution < 1.29 is 19.1 Å². The quantitative estimate of drug-likeness (QED) is 0.906. The lowest BCUT2D eigenvalue weighted by molar-refractivity contribution is -0.138. The molecule has 0 fully saturated rings. The molecule has 0 saturated carbocycles. The summed E-state index contributed by atoms with van der Waals surface area (Å²) in [6, 6.07) is 3.40. The van der Waals surface area contributed by atoms with Crippen molar-refractivity contribution in [3.05, 3.63) is 34.6 Å². The van der Waals surface area contributed by atoms with Crippen LogP contribution in [0.2, 0.25) is 5.02 Å². The Hall–Kier alpha value is -1.62. The highest BCUT2D eigenvalue weighted by Gasteiger charge is 2.25. The summed E-state index contributed by atoms with van der Waals surface area (Å²) in [6.45, 7) is 3.08. The summed E-state index contributed by atoms with van der Waals surface area (Å²) in [5, 5.41) is 9.01. The zero-order chi connectivity index (χ0) is 14.6. The fourth-order valence-corrected chi connectivity index (χ4v) is 1.77. The van der Waals surface area contributed by atoms with E-state index >= 15 is 0 Å². The lowest BCUT2D eigenvalue weighted by Gasteiger charge is -2.27. The molecule has 1 amide bonds. The van der Waals surface area contributed by atoms with Crippen molar-refractivity contribution in [3.8, 4) is 0 Å². The number of nitrogens with zero attached hydrogens (tertiary/aromatic N) is 1. The first-order valence-electron chi connectivity index (χ1n) is 5.84. The van der Waals surface area contributed by atoms with Crippen LogP contribution in [-0.4, -0.2) is 34.5 Å². The second kappa shape index (κ2) is 6.52. The molecule has 4 nitrogen and oxygen atoms in total. The second-order valence-electron chi connectivity index (χ2n) is 4.21. The van der Waals surface area contributed by atoms with E-state index in [1.54, 1.807) is 6.92 Å². The van der Waals surface area contributed by atoms with E-state index in [2.05, 4.69) is 0 Å². The van der Waals surface area contributed by atoms with Gasteiger partial charge in [0.15, 0.2) is 0 Å². The summed E-state index contributed by atoms with van der Waals surface area (Å²) in [6.07, 6.45) is 0.578. The van der Waals surface area contributed by atoms with Crippen LogP contribution in [0.5, 0.6) is 0 Å². The van der Waals surface area contributed by atoms with Gasteiger partial charge in [0.2, 0.25) is 0 Å². The van der Waals surface area contributed by atoms with Gasteiger partial charge in [-0.2, -0.15) is 0 Å². The molecule has 1 rings (SSSR count). The van der Waals surface area contributed by atoms with E-state index in [1.165, 1.54) is 12.1 Å². The van der Waals surface area contributed by atoms with Crippen LogP contribution in [0.1, 0.15) is 30.6 Å². The summed E-state index contributed by atoms with van der Waals surface area (Å²) < 4.78 is 13.7. The third kappa shape index (κ3) is 3.92. The van der Waals surface area contributed by atoms with Crippen LogP contribution in [-0.2, 0) is 4.79 Å². The van der Waals surface area contributed by atoms with Gasteiger partial charge in [-0.15, -0.1) is 0 Å². The molecule has 0 saturated heterocycles. The Morgan fingerprint density at radius 3 is 2.58 bits per heavy atom. The Bertz CT molecular complexity index is 493. The highest BCUT2D eigenvalue weighted by atomic mass is 35.5. The van der Waals surface area contributed by atoms with Crippen LogP contribution in [0.3, 0.4) is 0 Å². The summed E-state index contributed by atoms with van der Waals surface area (Å²) in [5.74, 6) is -2.54. The Morgan fingerprint density at radius 2 is 2.11 bits per heavy atom. The standard InChI is InChI=1S/C13H15ClFNO3/c1-3-8(2)16(7-12(17)18)13(19)10-5-4-9(14)6-11(10)15/h4-6,8H,3,7H2,1-2H3,(H,17,18). The maximum atomic E-state index is 13.7. The molecule has 6 heteroatoms. The normalized spacial score (nSPS) is 12.0. The van der Waals surface area contributed by atoms with Crippen LogP contribution < -0.4 is 0 Å². The first-order chi connectivity index (χ1) is 8.86. The smallest absolute Gasteiger partial charge is 0.323 e.